The number of aromatic nitrogens is 3. The van der Waals surface area contributed by atoms with E-state index in [0.717, 1.165) is 50.3 Å². The van der Waals surface area contributed by atoms with E-state index in [1.807, 2.05) is 12.1 Å². The van der Waals surface area contributed by atoms with E-state index in [2.05, 4.69) is 38.9 Å². The Hall–Kier alpha value is -3.56. The van der Waals surface area contributed by atoms with E-state index in [1.54, 1.807) is 27.8 Å². The van der Waals surface area contributed by atoms with Gasteiger partial charge < -0.3 is 15.0 Å². The van der Waals surface area contributed by atoms with Gasteiger partial charge in [0.25, 0.3) is 5.56 Å². The minimum absolute atomic E-state index is 0.0406. The third-order valence-corrected chi connectivity index (χ3v) is 6.65. The molecule has 0 bridgehead atoms. The third-order valence-electron chi connectivity index (χ3n) is 6.65. The molecular formula is C26H30N6O3. The number of ether oxygens (including phenoxy) is 1. The number of fused-ring (bicyclic) bond motifs is 1. The second-order valence-electron chi connectivity index (χ2n) is 9.11. The first kappa shape index (κ1) is 23.2. The summed E-state index contributed by atoms with van der Waals surface area (Å²) in [5.74, 6) is 0.779. The summed E-state index contributed by atoms with van der Waals surface area (Å²) in [5, 5.41) is 4.07. The highest BCUT2D eigenvalue weighted by Crippen LogP contribution is 2.21. The number of hydrogen-bond donors (Lipinski definition) is 1. The number of hydrogen-bond acceptors (Lipinski definition) is 7. The quantitative estimate of drug-likeness (QED) is 0.501. The van der Waals surface area contributed by atoms with Gasteiger partial charge in [0.2, 0.25) is 11.9 Å². The lowest BCUT2D eigenvalue weighted by Crippen LogP contribution is -2.49. The average molecular weight is 475 g/mol. The molecule has 0 radical (unpaired) electrons. The molecular weight excluding hydrogens is 444 g/mol. The second-order valence-corrected chi connectivity index (χ2v) is 9.11. The molecule has 0 spiro atoms. The van der Waals surface area contributed by atoms with Crippen molar-refractivity contribution < 1.29 is 9.53 Å². The number of pyridine rings is 1. The molecule has 0 unspecified atom stereocenters. The SMILES string of the molecule is C=CC(=O)N1CC(CCn2c(=O)ccc3cnc(Nc4ccc(CN5CCOCC5)cc4)nc32)C1. The Bertz CT molecular complexity index is 1260. The van der Waals surface area contributed by atoms with E-state index in [1.165, 1.54) is 11.6 Å². The summed E-state index contributed by atoms with van der Waals surface area (Å²) in [6.07, 6.45) is 3.88. The van der Waals surface area contributed by atoms with Crippen LogP contribution in [0.5, 0.6) is 0 Å². The fourth-order valence-corrected chi connectivity index (χ4v) is 4.56. The predicted molar refractivity (Wildman–Crippen MR) is 135 cm³/mol. The van der Waals surface area contributed by atoms with Crippen molar-refractivity contribution in [2.75, 3.05) is 44.7 Å². The highest BCUT2D eigenvalue weighted by molar-refractivity contribution is 5.87. The fraction of sp³-hybridized carbons (Fsp3) is 0.385. The van der Waals surface area contributed by atoms with Crippen LogP contribution in [0.25, 0.3) is 11.0 Å². The minimum atomic E-state index is -0.0898. The number of nitrogens with one attached hydrogen (secondary N) is 1. The Labute approximate surface area is 204 Å². The van der Waals surface area contributed by atoms with Crippen LogP contribution < -0.4 is 10.9 Å². The lowest BCUT2D eigenvalue weighted by molar-refractivity contribution is -0.132. The van der Waals surface area contributed by atoms with Crippen molar-refractivity contribution in [2.45, 2.75) is 19.5 Å². The van der Waals surface area contributed by atoms with Crippen LogP contribution >= 0.6 is 0 Å². The Morgan fingerprint density at radius 2 is 1.91 bits per heavy atom. The van der Waals surface area contributed by atoms with E-state index in [4.69, 9.17) is 4.74 Å². The summed E-state index contributed by atoms with van der Waals surface area (Å²) in [4.78, 5) is 37.5. The van der Waals surface area contributed by atoms with Gasteiger partial charge in [0.05, 0.1) is 13.2 Å². The van der Waals surface area contributed by atoms with E-state index < -0.39 is 0 Å². The summed E-state index contributed by atoms with van der Waals surface area (Å²) in [6, 6.07) is 11.6. The summed E-state index contributed by atoms with van der Waals surface area (Å²) >= 11 is 0. The maximum Gasteiger partial charge on any atom is 0.252 e. The number of rotatable bonds is 8. The number of morpholine rings is 1. The van der Waals surface area contributed by atoms with Crippen molar-refractivity contribution in [2.24, 2.45) is 5.92 Å². The molecule has 4 heterocycles. The molecule has 0 atom stereocenters. The van der Waals surface area contributed by atoms with Gasteiger partial charge in [-0.25, -0.2) is 4.98 Å². The lowest BCUT2D eigenvalue weighted by Gasteiger charge is -2.38. The van der Waals surface area contributed by atoms with Crippen LogP contribution in [0.4, 0.5) is 11.6 Å². The first-order valence-corrected chi connectivity index (χ1v) is 12.0. The van der Waals surface area contributed by atoms with E-state index in [0.29, 0.717) is 37.1 Å². The monoisotopic (exact) mass is 474 g/mol. The van der Waals surface area contributed by atoms with Gasteiger partial charge in [-0.05, 0) is 42.2 Å². The molecule has 5 rings (SSSR count). The van der Waals surface area contributed by atoms with Crippen LogP contribution in [0, 0.1) is 5.92 Å². The number of benzene rings is 1. The van der Waals surface area contributed by atoms with Crippen LogP contribution in [0.3, 0.4) is 0 Å². The number of aryl methyl sites for hydroxylation is 1. The van der Waals surface area contributed by atoms with Gasteiger partial charge >= 0.3 is 0 Å². The number of likely N-dealkylation sites (tertiary alicyclic amines) is 1. The molecule has 0 saturated carbocycles. The number of amides is 1. The highest BCUT2D eigenvalue weighted by Gasteiger charge is 2.29. The van der Waals surface area contributed by atoms with Crippen LogP contribution in [0.1, 0.15) is 12.0 Å². The maximum atomic E-state index is 12.6. The topological polar surface area (TPSA) is 92.6 Å². The molecule has 1 N–H and O–H groups in total. The number of anilines is 2. The van der Waals surface area contributed by atoms with Gasteiger partial charge in [0.15, 0.2) is 0 Å². The van der Waals surface area contributed by atoms with Crippen molar-refractivity contribution in [3.05, 3.63) is 71.2 Å². The Morgan fingerprint density at radius 1 is 1.14 bits per heavy atom. The van der Waals surface area contributed by atoms with Crippen LogP contribution in [-0.2, 0) is 22.6 Å². The van der Waals surface area contributed by atoms with Crippen molar-refractivity contribution in [3.8, 4) is 0 Å². The molecule has 182 valence electrons. The molecule has 2 fully saturated rings. The van der Waals surface area contributed by atoms with Crippen LogP contribution in [0.2, 0.25) is 0 Å². The fourth-order valence-electron chi connectivity index (χ4n) is 4.56. The Kier molecular flexibility index (Phi) is 6.87. The van der Waals surface area contributed by atoms with Crippen LogP contribution in [-0.4, -0.2) is 69.6 Å². The van der Waals surface area contributed by atoms with Gasteiger partial charge in [0.1, 0.15) is 5.65 Å². The molecule has 2 aromatic heterocycles. The summed E-state index contributed by atoms with van der Waals surface area (Å²) in [7, 11) is 0. The zero-order valence-electron chi connectivity index (χ0n) is 19.7. The molecule has 1 amide bonds. The zero-order chi connectivity index (χ0) is 24.2. The summed E-state index contributed by atoms with van der Waals surface area (Å²) < 4.78 is 7.12. The average Bonchev–Trinajstić information content (AvgIpc) is 2.86. The molecule has 9 heteroatoms. The molecule has 9 nitrogen and oxygen atoms in total. The van der Waals surface area contributed by atoms with E-state index >= 15 is 0 Å². The maximum absolute atomic E-state index is 12.6. The molecule has 3 aromatic rings. The van der Waals surface area contributed by atoms with Gasteiger partial charge in [-0.2, -0.15) is 4.98 Å². The van der Waals surface area contributed by atoms with Crippen molar-refractivity contribution in [1.82, 2.24) is 24.3 Å². The molecule has 1 aromatic carbocycles. The molecule has 0 aliphatic carbocycles. The van der Waals surface area contributed by atoms with Crippen LogP contribution in [0.15, 0.2) is 60.0 Å². The zero-order valence-corrected chi connectivity index (χ0v) is 19.7. The van der Waals surface area contributed by atoms with Gasteiger partial charge in [0, 0.05) is 62.6 Å². The van der Waals surface area contributed by atoms with Crippen molar-refractivity contribution >= 4 is 28.6 Å². The minimum Gasteiger partial charge on any atom is -0.379 e. The second kappa shape index (κ2) is 10.4. The number of nitrogens with zero attached hydrogens (tertiary/aromatic N) is 5. The molecule has 2 aliphatic rings. The Morgan fingerprint density at radius 3 is 2.66 bits per heavy atom. The molecule has 2 aliphatic heterocycles. The first-order valence-electron chi connectivity index (χ1n) is 12.0. The summed E-state index contributed by atoms with van der Waals surface area (Å²) in [5.41, 5.74) is 2.65. The van der Waals surface area contributed by atoms with Gasteiger partial charge in [-0.3, -0.25) is 19.1 Å². The van der Waals surface area contributed by atoms with E-state index in [-0.39, 0.29) is 11.5 Å². The van der Waals surface area contributed by atoms with Crippen molar-refractivity contribution in [1.29, 1.82) is 0 Å². The number of carbonyl (C=O) groups is 1. The van der Waals surface area contributed by atoms with Gasteiger partial charge in [-0.1, -0.05) is 18.7 Å². The van der Waals surface area contributed by atoms with Crippen molar-refractivity contribution in [3.63, 3.8) is 0 Å². The summed E-state index contributed by atoms with van der Waals surface area (Å²) in [6.45, 7) is 9.88. The predicted octanol–water partition coefficient (Wildman–Crippen LogP) is 2.40. The smallest absolute Gasteiger partial charge is 0.252 e. The van der Waals surface area contributed by atoms with Gasteiger partial charge in [-0.15, -0.1) is 0 Å². The third kappa shape index (κ3) is 5.41. The number of carbonyl (C=O) groups excluding carboxylic acids is 1. The lowest BCUT2D eigenvalue weighted by atomic mass is 9.96. The molecule has 2 saturated heterocycles. The Balaban J connectivity index is 1.26. The highest BCUT2D eigenvalue weighted by atomic mass is 16.5. The standard InChI is InChI=1S/C26H30N6O3/c1-2-23(33)31-17-20(18-31)9-10-32-24(34)8-5-21-15-27-26(29-25(21)32)28-22-6-3-19(4-7-22)16-30-11-13-35-14-12-30/h2-8,15,20H,1,9-14,16-18H2,(H,27,28,29). The normalized spacial score (nSPS) is 16.7. The first-order chi connectivity index (χ1) is 17.1. The molecule has 35 heavy (non-hydrogen) atoms. The van der Waals surface area contributed by atoms with E-state index in [9.17, 15) is 9.59 Å². The largest absolute Gasteiger partial charge is 0.379 e.